The summed E-state index contributed by atoms with van der Waals surface area (Å²) in [6.45, 7) is 5.80. The summed E-state index contributed by atoms with van der Waals surface area (Å²) in [6.07, 6.45) is 3.52. The molecular weight excluding hydrogens is 458 g/mol. The number of hydrogen-bond donors (Lipinski definition) is 3. The number of rotatable bonds is 10. The molecule has 1 unspecified atom stereocenters. The molecule has 1 aromatic carbocycles. The summed E-state index contributed by atoms with van der Waals surface area (Å²) in [5, 5.41) is 22.0. The van der Waals surface area contributed by atoms with Crippen molar-refractivity contribution < 1.29 is 14.4 Å². The number of nitrogens with zero attached hydrogens (tertiary/aromatic N) is 4. The number of nitriles is 1. The number of fused-ring (bicyclic) bond motifs is 1. The van der Waals surface area contributed by atoms with E-state index in [4.69, 9.17) is 5.26 Å². The minimum atomic E-state index is -0.910. The lowest BCUT2D eigenvalue weighted by atomic mass is 9.86. The number of aryl methyl sites for hydroxylation is 1. The lowest BCUT2D eigenvalue weighted by molar-refractivity contribution is -0.127. The van der Waals surface area contributed by atoms with E-state index >= 15 is 0 Å². The molecule has 188 valence electrons. The van der Waals surface area contributed by atoms with Gasteiger partial charge in [-0.2, -0.15) is 10.4 Å². The third-order valence-electron chi connectivity index (χ3n) is 5.54. The van der Waals surface area contributed by atoms with Crippen LogP contribution in [0.2, 0.25) is 0 Å². The molecule has 0 fully saturated rings. The van der Waals surface area contributed by atoms with Crippen molar-refractivity contribution in [3.05, 3.63) is 54.4 Å². The highest BCUT2D eigenvalue weighted by Gasteiger charge is 2.34. The Morgan fingerprint density at radius 1 is 1.08 bits per heavy atom. The van der Waals surface area contributed by atoms with Crippen molar-refractivity contribution in [3.63, 3.8) is 0 Å². The Kier molecular flexibility index (Phi) is 8.73. The molecule has 10 heteroatoms. The van der Waals surface area contributed by atoms with E-state index in [9.17, 15) is 14.4 Å². The molecule has 10 nitrogen and oxygen atoms in total. The van der Waals surface area contributed by atoms with Gasteiger partial charge in [-0.05, 0) is 36.5 Å². The zero-order chi connectivity index (χ0) is 26.1. The second kappa shape index (κ2) is 11.9. The highest BCUT2D eigenvalue weighted by atomic mass is 16.2. The molecule has 2 aromatic heterocycles. The maximum Gasteiger partial charge on any atom is 0.273 e. The largest absolute Gasteiger partial charge is 0.345 e. The van der Waals surface area contributed by atoms with Crippen LogP contribution in [-0.2, 0) is 16.1 Å². The van der Waals surface area contributed by atoms with Crippen LogP contribution in [0.15, 0.2) is 48.7 Å². The number of pyridine rings is 1. The SMILES string of the molecule is CC(C)(C)C(NC(=O)c1nn(CCCCC#N)c2ccccc12)C(=O)NCC(=O)Nc1ccccn1. The summed E-state index contributed by atoms with van der Waals surface area (Å²) in [5.41, 5.74) is 0.399. The first-order valence-corrected chi connectivity index (χ1v) is 11.8. The summed E-state index contributed by atoms with van der Waals surface area (Å²) >= 11 is 0. The van der Waals surface area contributed by atoms with Crippen molar-refractivity contribution in [1.29, 1.82) is 5.26 Å². The van der Waals surface area contributed by atoms with Gasteiger partial charge < -0.3 is 16.0 Å². The van der Waals surface area contributed by atoms with Crippen LogP contribution < -0.4 is 16.0 Å². The highest BCUT2D eigenvalue weighted by Crippen LogP contribution is 2.23. The monoisotopic (exact) mass is 489 g/mol. The van der Waals surface area contributed by atoms with Crippen LogP contribution in [0, 0.1) is 16.7 Å². The molecular formula is C26H31N7O3. The van der Waals surface area contributed by atoms with Gasteiger partial charge >= 0.3 is 0 Å². The molecule has 3 rings (SSSR count). The van der Waals surface area contributed by atoms with Gasteiger partial charge in [0.25, 0.3) is 5.91 Å². The predicted molar refractivity (Wildman–Crippen MR) is 136 cm³/mol. The smallest absolute Gasteiger partial charge is 0.273 e. The number of unbranched alkanes of at least 4 members (excludes halogenated alkanes) is 2. The molecule has 0 saturated heterocycles. The van der Waals surface area contributed by atoms with Crippen molar-refractivity contribution in [2.75, 3.05) is 11.9 Å². The Balaban J connectivity index is 1.71. The van der Waals surface area contributed by atoms with Gasteiger partial charge in [0.05, 0.1) is 18.1 Å². The number of aromatic nitrogens is 3. The number of carbonyl (C=O) groups excluding carboxylic acids is 3. The Hall–Kier alpha value is -4.26. The molecule has 3 amide bonds. The Labute approximate surface area is 210 Å². The molecule has 0 aliphatic heterocycles. The molecule has 0 saturated carbocycles. The minimum absolute atomic E-state index is 0.223. The predicted octanol–water partition coefficient (Wildman–Crippen LogP) is 3.02. The van der Waals surface area contributed by atoms with Gasteiger partial charge in [-0.25, -0.2) is 4.98 Å². The number of anilines is 1. The zero-order valence-corrected chi connectivity index (χ0v) is 20.7. The first-order valence-electron chi connectivity index (χ1n) is 11.8. The van der Waals surface area contributed by atoms with Crippen molar-refractivity contribution >= 4 is 34.4 Å². The summed E-state index contributed by atoms with van der Waals surface area (Å²) in [7, 11) is 0. The second-order valence-electron chi connectivity index (χ2n) is 9.46. The number of nitrogens with one attached hydrogen (secondary N) is 3. The van der Waals surface area contributed by atoms with Crippen LogP contribution in [0.25, 0.3) is 10.9 Å². The molecule has 1 atom stereocenters. The number of para-hydroxylation sites is 1. The van der Waals surface area contributed by atoms with E-state index in [0.717, 1.165) is 18.4 Å². The number of hydrogen-bond acceptors (Lipinski definition) is 6. The molecule has 0 radical (unpaired) electrons. The van der Waals surface area contributed by atoms with Crippen LogP contribution in [0.4, 0.5) is 5.82 Å². The maximum absolute atomic E-state index is 13.3. The van der Waals surface area contributed by atoms with Crippen molar-refractivity contribution in [2.45, 2.75) is 52.6 Å². The molecule has 0 aliphatic rings. The third kappa shape index (κ3) is 6.88. The first-order chi connectivity index (χ1) is 17.2. The van der Waals surface area contributed by atoms with E-state index in [2.05, 4.69) is 32.1 Å². The van der Waals surface area contributed by atoms with E-state index in [1.165, 1.54) is 0 Å². The van der Waals surface area contributed by atoms with Gasteiger partial charge in [0.15, 0.2) is 5.69 Å². The van der Waals surface area contributed by atoms with Gasteiger partial charge in [0.1, 0.15) is 11.9 Å². The van der Waals surface area contributed by atoms with Crippen molar-refractivity contribution in [3.8, 4) is 6.07 Å². The Morgan fingerprint density at radius 2 is 1.83 bits per heavy atom. The highest BCUT2D eigenvalue weighted by molar-refractivity contribution is 6.06. The second-order valence-corrected chi connectivity index (χ2v) is 9.46. The average molecular weight is 490 g/mol. The van der Waals surface area contributed by atoms with Crippen LogP contribution in [0.1, 0.15) is 50.5 Å². The number of benzene rings is 1. The average Bonchev–Trinajstić information content (AvgIpc) is 3.22. The first kappa shape index (κ1) is 26.3. The van der Waals surface area contributed by atoms with Crippen molar-refractivity contribution in [1.82, 2.24) is 25.4 Å². The molecule has 3 aromatic rings. The Bertz CT molecular complexity index is 1260. The number of amides is 3. The minimum Gasteiger partial charge on any atom is -0.345 e. The maximum atomic E-state index is 13.3. The quantitative estimate of drug-likeness (QED) is 0.374. The van der Waals surface area contributed by atoms with Gasteiger partial charge in [-0.3, -0.25) is 19.1 Å². The van der Waals surface area contributed by atoms with Crippen molar-refractivity contribution in [2.24, 2.45) is 5.41 Å². The van der Waals surface area contributed by atoms with Gasteiger partial charge in [-0.1, -0.05) is 45.0 Å². The van der Waals surface area contributed by atoms with E-state index in [1.807, 2.05) is 45.0 Å². The lowest BCUT2D eigenvalue weighted by Gasteiger charge is -2.30. The summed E-state index contributed by atoms with van der Waals surface area (Å²) < 4.78 is 1.76. The van der Waals surface area contributed by atoms with Gasteiger partial charge in [0, 0.05) is 24.5 Å². The normalized spacial score (nSPS) is 11.9. The van der Waals surface area contributed by atoms with Gasteiger partial charge in [-0.15, -0.1) is 0 Å². The molecule has 2 heterocycles. The zero-order valence-electron chi connectivity index (χ0n) is 20.7. The van der Waals surface area contributed by atoms with Crippen LogP contribution in [0.5, 0.6) is 0 Å². The molecule has 0 spiro atoms. The fraction of sp³-hybridized carbons (Fsp3) is 0.385. The van der Waals surface area contributed by atoms with Crippen LogP contribution >= 0.6 is 0 Å². The van der Waals surface area contributed by atoms with Crippen LogP contribution in [-0.4, -0.2) is 45.1 Å². The number of carbonyl (C=O) groups is 3. The lowest BCUT2D eigenvalue weighted by Crippen LogP contribution is -2.54. The van der Waals surface area contributed by atoms with Gasteiger partial charge in [0.2, 0.25) is 11.8 Å². The van der Waals surface area contributed by atoms with Crippen LogP contribution in [0.3, 0.4) is 0 Å². The topological polar surface area (TPSA) is 142 Å². The van der Waals surface area contributed by atoms with E-state index in [-0.39, 0.29) is 12.2 Å². The molecule has 3 N–H and O–H groups in total. The fourth-order valence-electron chi connectivity index (χ4n) is 3.70. The standard InChI is InChI=1S/C26H31N7O3/c1-26(2,3)23(25(36)29-17-21(34)30-20-13-7-9-15-28-20)31-24(35)22-18-11-5-6-12-19(18)33(32-22)16-10-4-8-14-27/h5-7,9,11-13,15,23H,4,8,10,16-17H2,1-3H3,(H,29,36)(H,31,35)(H,28,30,34). The Morgan fingerprint density at radius 3 is 2.53 bits per heavy atom. The summed E-state index contributed by atoms with van der Waals surface area (Å²) in [4.78, 5) is 42.6. The summed E-state index contributed by atoms with van der Waals surface area (Å²) in [5.74, 6) is -1.00. The molecule has 36 heavy (non-hydrogen) atoms. The fourth-order valence-corrected chi connectivity index (χ4v) is 3.70. The van der Waals surface area contributed by atoms with E-state index < -0.39 is 29.2 Å². The van der Waals surface area contributed by atoms with E-state index in [1.54, 1.807) is 29.1 Å². The van der Waals surface area contributed by atoms with E-state index in [0.29, 0.717) is 24.2 Å². The summed E-state index contributed by atoms with van der Waals surface area (Å²) in [6, 6.07) is 13.7. The third-order valence-corrected chi connectivity index (χ3v) is 5.54. The molecule has 0 aliphatic carbocycles. The molecule has 0 bridgehead atoms.